The van der Waals surface area contributed by atoms with E-state index in [0.717, 1.165) is 40.3 Å². The molecule has 0 fully saturated rings. The maximum absolute atomic E-state index is 13.2. The SMILES string of the molecule is CC(=O)Nc1ccc(C(F)(F)F)cc1NC(=O)c1ccc(C)c(-c2ccc3nc(N)ncc3c2)c1. The predicted octanol–water partition coefficient (Wildman–Crippen LogP) is 5.42. The highest BCUT2D eigenvalue weighted by atomic mass is 19.4. The Bertz CT molecular complexity index is 1470. The number of hydrogen-bond donors (Lipinski definition) is 3. The molecule has 0 bridgehead atoms. The molecule has 0 unspecified atom stereocenters. The minimum absolute atomic E-state index is 0.0555. The maximum atomic E-state index is 13.2. The molecule has 4 aromatic rings. The van der Waals surface area contributed by atoms with Crippen LogP contribution in [0.3, 0.4) is 0 Å². The van der Waals surface area contributed by atoms with Gasteiger partial charge in [-0.1, -0.05) is 12.1 Å². The molecule has 0 atom stereocenters. The van der Waals surface area contributed by atoms with Crippen LogP contribution in [0.5, 0.6) is 0 Å². The number of aryl methyl sites for hydroxylation is 1. The highest BCUT2D eigenvalue weighted by Gasteiger charge is 2.31. The molecule has 0 aliphatic rings. The topological polar surface area (TPSA) is 110 Å². The number of aromatic nitrogens is 2. The fraction of sp³-hybridized carbons (Fsp3) is 0.120. The summed E-state index contributed by atoms with van der Waals surface area (Å²) >= 11 is 0. The zero-order valence-electron chi connectivity index (χ0n) is 18.7. The van der Waals surface area contributed by atoms with E-state index in [0.29, 0.717) is 5.52 Å². The van der Waals surface area contributed by atoms with Gasteiger partial charge in [-0.05, 0) is 66.1 Å². The molecule has 178 valence electrons. The van der Waals surface area contributed by atoms with Crippen LogP contribution in [-0.4, -0.2) is 21.8 Å². The largest absolute Gasteiger partial charge is 0.416 e. The molecule has 1 aromatic heterocycles. The molecule has 0 spiro atoms. The number of anilines is 3. The van der Waals surface area contributed by atoms with E-state index in [2.05, 4.69) is 20.6 Å². The fourth-order valence-electron chi connectivity index (χ4n) is 3.61. The third-order valence-corrected chi connectivity index (χ3v) is 5.31. The summed E-state index contributed by atoms with van der Waals surface area (Å²) in [6, 6.07) is 13.2. The van der Waals surface area contributed by atoms with Crippen LogP contribution >= 0.6 is 0 Å². The van der Waals surface area contributed by atoms with Crippen LogP contribution < -0.4 is 16.4 Å². The summed E-state index contributed by atoms with van der Waals surface area (Å²) in [7, 11) is 0. The Hall–Kier alpha value is -4.47. The molecule has 0 saturated heterocycles. The summed E-state index contributed by atoms with van der Waals surface area (Å²) in [4.78, 5) is 32.7. The van der Waals surface area contributed by atoms with Gasteiger partial charge in [0.25, 0.3) is 5.91 Å². The second-order valence-electron chi connectivity index (χ2n) is 7.92. The molecule has 1 heterocycles. The van der Waals surface area contributed by atoms with Crippen molar-refractivity contribution in [3.05, 3.63) is 77.5 Å². The Morgan fingerprint density at radius 2 is 1.71 bits per heavy atom. The quantitative estimate of drug-likeness (QED) is 0.362. The van der Waals surface area contributed by atoms with Gasteiger partial charge >= 0.3 is 6.18 Å². The zero-order valence-corrected chi connectivity index (χ0v) is 18.7. The molecule has 4 rings (SSSR count). The Labute approximate surface area is 198 Å². The van der Waals surface area contributed by atoms with Gasteiger partial charge in [-0.3, -0.25) is 9.59 Å². The van der Waals surface area contributed by atoms with E-state index in [9.17, 15) is 22.8 Å². The Morgan fingerprint density at radius 1 is 0.943 bits per heavy atom. The number of benzene rings is 3. The molecule has 2 amide bonds. The van der Waals surface area contributed by atoms with Gasteiger partial charge in [0.15, 0.2) is 0 Å². The van der Waals surface area contributed by atoms with Crippen LogP contribution in [-0.2, 0) is 11.0 Å². The van der Waals surface area contributed by atoms with Crippen LogP contribution in [0.2, 0.25) is 0 Å². The molecule has 0 radical (unpaired) electrons. The minimum atomic E-state index is -4.62. The number of nitrogens with two attached hydrogens (primary N) is 1. The molecule has 0 saturated carbocycles. The average Bonchev–Trinajstić information content (AvgIpc) is 2.79. The highest BCUT2D eigenvalue weighted by molar-refractivity contribution is 6.08. The number of nitrogen functional groups attached to an aromatic ring is 1. The van der Waals surface area contributed by atoms with Crippen LogP contribution in [0.15, 0.2) is 60.8 Å². The van der Waals surface area contributed by atoms with Crippen molar-refractivity contribution < 1.29 is 22.8 Å². The zero-order chi connectivity index (χ0) is 25.3. The van der Waals surface area contributed by atoms with Crippen molar-refractivity contribution in [3.8, 4) is 11.1 Å². The third kappa shape index (κ3) is 5.21. The number of alkyl halides is 3. The second kappa shape index (κ2) is 9.05. The van der Waals surface area contributed by atoms with Gasteiger partial charge < -0.3 is 16.4 Å². The van der Waals surface area contributed by atoms with E-state index in [-0.39, 0.29) is 22.9 Å². The van der Waals surface area contributed by atoms with Gasteiger partial charge in [0.05, 0.1) is 22.5 Å². The number of fused-ring (bicyclic) bond motifs is 1. The lowest BCUT2D eigenvalue weighted by atomic mass is 9.97. The molecule has 4 N–H and O–H groups in total. The standard InChI is InChI=1S/C25H20F3N5O2/c1-13-3-4-16(10-19(13)15-5-7-20-17(9-15)12-30-24(29)33-20)23(35)32-22-11-18(25(26,27)28)6-8-21(22)31-14(2)34/h3-12H,1-2H3,(H,31,34)(H,32,35)(H2,29,30,33). The van der Waals surface area contributed by atoms with Gasteiger partial charge in [0.2, 0.25) is 11.9 Å². The lowest BCUT2D eigenvalue weighted by molar-refractivity contribution is -0.137. The van der Waals surface area contributed by atoms with Gasteiger partial charge in [0.1, 0.15) is 0 Å². The number of rotatable bonds is 4. The first-order valence-corrected chi connectivity index (χ1v) is 10.4. The van der Waals surface area contributed by atoms with Crippen LogP contribution in [0.1, 0.15) is 28.4 Å². The summed E-state index contributed by atoms with van der Waals surface area (Å²) in [6.07, 6.45) is -3.01. The molecular formula is C25H20F3N5O2. The smallest absolute Gasteiger partial charge is 0.368 e. The number of amides is 2. The monoisotopic (exact) mass is 479 g/mol. The summed E-state index contributed by atoms with van der Waals surface area (Å²) in [5.41, 5.74) is 7.90. The number of halogens is 3. The predicted molar refractivity (Wildman–Crippen MR) is 128 cm³/mol. The van der Waals surface area contributed by atoms with Crippen molar-refractivity contribution in [2.75, 3.05) is 16.4 Å². The van der Waals surface area contributed by atoms with E-state index in [4.69, 9.17) is 5.73 Å². The van der Waals surface area contributed by atoms with Crippen molar-refractivity contribution in [2.24, 2.45) is 0 Å². The van der Waals surface area contributed by atoms with E-state index in [1.165, 1.54) is 6.92 Å². The maximum Gasteiger partial charge on any atom is 0.416 e. The molecular weight excluding hydrogens is 459 g/mol. The van der Waals surface area contributed by atoms with Gasteiger partial charge in [0, 0.05) is 24.1 Å². The highest BCUT2D eigenvalue weighted by Crippen LogP contribution is 2.34. The van der Waals surface area contributed by atoms with Crippen LogP contribution in [0.25, 0.3) is 22.0 Å². The molecule has 0 aliphatic heterocycles. The number of carbonyl (C=O) groups excluding carboxylic acids is 2. The van der Waals surface area contributed by atoms with Crippen LogP contribution in [0.4, 0.5) is 30.5 Å². The summed E-state index contributed by atoms with van der Waals surface area (Å²) in [5, 5.41) is 5.68. The van der Waals surface area contributed by atoms with Gasteiger partial charge in [-0.2, -0.15) is 13.2 Å². The summed E-state index contributed by atoms with van der Waals surface area (Å²) < 4.78 is 39.7. The first-order valence-electron chi connectivity index (χ1n) is 10.4. The number of nitrogens with one attached hydrogen (secondary N) is 2. The molecule has 10 heteroatoms. The molecule has 35 heavy (non-hydrogen) atoms. The van der Waals surface area contributed by atoms with E-state index >= 15 is 0 Å². The van der Waals surface area contributed by atoms with Gasteiger partial charge in [-0.25, -0.2) is 9.97 Å². The average molecular weight is 479 g/mol. The van der Waals surface area contributed by atoms with E-state index in [1.54, 1.807) is 30.5 Å². The van der Waals surface area contributed by atoms with Gasteiger partial charge in [-0.15, -0.1) is 0 Å². The Morgan fingerprint density at radius 3 is 2.43 bits per heavy atom. The van der Waals surface area contributed by atoms with Crippen molar-refractivity contribution >= 4 is 40.0 Å². The van der Waals surface area contributed by atoms with Crippen molar-refractivity contribution in [3.63, 3.8) is 0 Å². The lowest BCUT2D eigenvalue weighted by Gasteiger charge is -2.15. The van der Waals surface area contributed by atoms with Crippen LogP contribution in [0, 0.1) is 6.92 Å². The summed E-state index contributed by atoms with van der Waals surface area (Å²) in [5.74, 6) is -0.956. The Kier molecular flexibility index (Phi) is 6.12. The van der Waals surface area contributed by atoms with Crippen molar-refractivity contribution in [2.45, 2.75) is 20.0 Å². The molecule has 7 nitrogen and oxygen atoms in total. The van der Waals surface area contributed by atoms with Crippen molar-refractivity contribution in [1.29, 1.82) is 0 Å². The van der Waals surface area contributed by atoms with E-state index in [1.807, 2.05) is 19.1 Å². The minimum Gasteiger partial charge on any atom is -0.368 e. The fourth-order valence-corrected chi connectivity index (χ4v) is 3.61. The van der Waals surface area contributed by atoms with E-state index < -0.39 is 23.6 Å². The third-order valence-electron chi connectivity index (χ3n) is 5.31. The number of carbonyl (C=O) groups is 2. The molecule has 3 aromatic carbocycles. The molecule has 0 aliphatic carbocycles. The summed E-state index contributed by atoms with van der Waals surface area (Å²) in [6.45, 7) is 3.10. The second-order valence-corrected chi connectivity index (χ2v) is 7.92. The Balaban J connectivity index is 1.69. The van der Waals surface area contributed by atoms with Crippen molar-refractivity contribution in [1.82, 2.24) is 9.97 Å². The first kappa shape index (κ1) is 23.7. The first-order chi connectivity index (χ1) is 16.5. The normalized spacial score (nSPS) is 11.3. The lowest BCUT2D eigenvalue weighted by Crippen LogP contribution is -2.16. The number of hydrogen-bond acceptors (Lipinski definition) is 5. The number of nitrogens with zero attached hydrogens (tertiary/aromatic N) is 2.